The van der Waals surface area contributed by atoms with Gasteiger partial charge >= 0.3 is 0 Å². The van der Waals surface area contributed by atoms with E-state index < -0.39 is 0 Å². The normalized spacial score (nSPS) is 20.3. The molecule has 2 fully saturated rings. The van der Waals surface area contributed by atoms with Gasteiger partial charge in [-0.05, 0) is 82.3 Å². The number of piperidine rings is 1. The Morgan fingerprint density at radius 1 is 1.14 bits per heavy atom. The van der Waals surface area contributed by atoms with E-state index in [0.29, 0.717) is 0 Å². The van der Waals surface area contributed by atoms with Crippen molar-refractivity contribution in [2.45, 2.75) is 45.6 Å². The lowest BCUT2D eigenvalue weighted by molar-refractivity contribution is 0.164. The summed E-state index contributed by atoms with van der Waals surface area (Å²) in [7, 11) is 0. The van der Waals surface area contributed by atoms with Crippen molar-refractivity contribution in [3.05, 3.63) is 29.3 Å². The summed E-state index contributed by atoms with van der Waals surface area (Å²) < 4.78 is 5.98. The molecule has 0 spiro atoms. The third-order valence-electron chi connectivity index (χ3n) is 4.99. The number of hydrogen-bond acceptors (Lipinski definition) is 3. The van der Waals surface area contributed by atoms with Crippen molar-refractivity contribution in [1.82, 2.24) is 10.2 Å². The van der Waals surface area contributed by atoms with E-state index in [1.54, 1.807) is 0 Å². The average molecular weight is 302 g/mol. The third-order valence-corrected chi connectivity index (χ3v) is 4.99. The van der Waals surface area contributed by atoms with Crippen LogP contribution in [0.1, 0.15) is 36.8 Å². The van der Waals surface area contributed by atoms with E-state index in [0.717, 1.165) is 30.9 Å². The Hall–Kier alpha value is -1.06. The first-order chi connectivity index (χ1) is 10.7. The number of nitrogens with zero attached hydrogens (tertiary/aromatic N) is 1. The Kier molecular flexibility index (Phi) is 5.37. The van der Waals surface area contributed by atoms with Crippen LogP contribution < -0.4 is 10.1 Å². The molecule has 3 rings (SSSR count). The maximum absolute atomic E-state index is 5.98. The van der Waals surface area contributed by atoms with Crippen LogP contribution in [0.15, 0.2) is 18.2 Å². The minimum Gasteiger partial charge on any atom is -0.492 e. The Bertz CT molecular complexity index is 476. The van der Waals surface area contributed by atoms with Gasteiger partial charge < -0.3 is 10.1 Å². The topological polar surface area (TPSA) is 24.5 Å². The van der Waals surface area contributed by atoms with Gasteiger partial charge in [-0.3, -0.25) is 4.90 Å². The molecule has 3 heteroatoms. The fourth-order valence-electron chi connectivity index (χ4n) is 3.16. The summed E-state index contributed by atoms with van der Waals surface area (Å²) >= 11 is 0. The minimum atomic E-state index is 0.747. The quantitative estimate of drug-likeness (QED) is 0.837. The summed E-state index contributed by atoms with van der Waals surface area (Å²) in [6, 6.07) is 7.17. The van der Waals surface area contributed by atoms with Gasteiger partial charge in [0.1, 0.15) is 12.4 Å². The van der Waals surface area contributed by atoms with Crippen LogP contribution in [-0.2, 0) is 0 Å². The van der Waals surface area contributed by atoms with Crippen molar-refractivity contribution in [3.63, 3.8) is 0 Å². The number of rotatable bonds is 7. The number of benzene rings is 1. The smallest absolute Gasteiger partial charge is 0.122 e. The molecule has 2 aliphatic rings. The minimum absolute atomic E-state index is 0.747. The number of aryl methyl sites for hydroxylation is 2. The van der Waals surface area contributed by atoms with E-state index in [1.807, 2.05) is 0 Å². The SMILES string of the molecule is Cc1ccc(C)c(OCCN2CCC(NCC3CC3)CC2)c1. The van der Waals surface area contributed by atoms with E-state index in [9.17, 15) is 0 Å². The monoisotopic (exact) mass is 302 g/mol. The molecule has 1 N–H and O–H groups in total. The highest BCUT2D eigenvalue weighted by atomic mass is 16.5. The van der Waals surface area contributed by atoms with Crippen LogP contribution in [0.3, 0.4) is 0 Å². The largest absolute Gasteiger partial charge is 0.492 e. The van der Waals surface area contributed by atoms with Gasteiger partial charge in [-0.1, -0.05) is 12.1 Å². The Labute approximate surface area is 135 Å². The van der Waals surface area contributed by atoms with Crippen LogP contribution >= 0.6 is 0 Å². The van der Waals surface area contributed by atoms with Crippen LogP contribution in [0.5, 0.6) is 5.75 Å². The molecular formula is C19H30N2O. The van der Waals surface area contributed by atoms with Crippen molar-refractivity contribution in [2.75, 3.05) is 32.8 Å². The summed E-state index contributed by atoms with van der Waals surface area (Å²) in [6.45, 7) is 9.74. The van der Waals surface area contributed by atoms with Gasteiger partial charge in [0.2, 0.25) is 0 Å². The van der Waals surface area contributed by atoms with Crippen molar-refractivity contribution in [3.8, 4) is 5.75 Å². The molecule has 1 heterocycles. The molecule has 0 amide bonds. The molecule has 1 aliphatic carbocycles. The van der Waals surface area contributed by atoms with Gasteiger partial charge in [-0.2, -0.15) is 0 Å². The van der Waals surface area contributed by atoms with E-state index in [4.69, 9.17) is 4.74 Å². The number of nitrogens with one attached hydrogen (secondary N) is 1. The van der Waals surface area contributed by atoms with E-state index in [1.165, 1.54) is 56.4 Å². The van der Waals surface area contributed by atoms with E-state index in [2.05, 4.69) is 42.3 Å². The Balaban J connectivity index is 1.33. The molecule has 1 aliphatic heterocycles. The van der Waals surface area contributed by atoms with Crippen molar-refractivity contribution < 1.29 is 4.74 Å². The molecule has 1 saturated heterocycles. The summed E-state index contributed by atoms with van der Waals surface area (Å²) in [5, 5.41) is 3.74. The van der Waals surface area contributed by atoms with Gasteiger partial charge in [0.15, 0.2) is 0 Å². The third kappa shape index (κ3) is 4.72. The number of ether oxygens (including phenoxy) is 1. The predicted octanol–water partition coefficient (Wildman–Crippen LogP) is 3.15. The standard InChI is InChI=1S/C19H30N2O/c1-15-3-4-16(2)19(13-15)22-12-11-21-9-7-18(8-10-21)20-14-17-5-6-17/h3-4,13,17-18,20H,5-12,14H2,1-2H3. The number of likely N-dealkylation sites (tertiary alicyclic amines) is 1. The summed E-state index contributed by atoms with van der Waals surface area (Å²) in [5.41, 5.74) is 2.50. The van der Waals surface area contributed by atoms with Crippen LogP contribution in [0.25, 0.3) is 0 Å². The molecule has 0 atom stereocenters. The van der Waals surface area contributed by atoms with Gasteiger partial charge in [0.05, 0.1) is 0 Å². The molecule has 22 heavy (non-hydrogen) atoms. The maximum Gasteiger partial charge on any atom is 0.122 e. The number of hydrogen-bond donors (Lipinski definition) is 1. The first kappa shape index (κ1) is 15.8. The predicted molar refractivity (Wildman–Crippen MR) is 91.6 cm³/mol. The van der Waals surface area contributed by atoms with E-state index in [-0.39, 0.29) is 0 Å². The summed E-state index contributed by atoms with van der Waals surface area (Å²) in [5.74, 6) is 2.03. The second-order valence-corrected chi connectivity index (χ2v) is 7.08. The highest BCUT2D eigenvalue weighted by Gasteiger charge is 2.24. The van der Waals surface area contributed by atoms with Crippen molar-refractivity contribution in [2.24, 2.45) is 5.92 Å². The highest BCUT2D eigenvalue weighted by molar-refractivity contribution is 5.35. The fourth-order valence-corrected chi connectivity index (χ4v) is 3.16. The first-order valence-electron chi connectivity index (χ1n) is 8.86. The zero-order valence-electron chi connectivity index (χ0n) is 14.1. The molecule has 1 aromatic rings. The van der Waals surface area contributed by atoms with Crippen molar-refractivity contribution >= 4 is 0 Å². The molecule has 3 nitrogen and oxygen atoms in total. The van der Waals surface area contributed by atoms with Crippen molar-refractivity contribution in [1.29, 1.82) is 0 Å². The van der Waals surface area contributed by atoms with Crippen LogP contribution in [0, 0.1) is 19.8 Å². The van der Waals surface area contributed by atoms with Crippen LogP contribution in [0.4, 0.5) is 0 Å². The van der Waals surface area contributed by atoms with E-state index >= 15 is 0 Å². The van der Waals surface area contributed by atoms with Gasteiger partial charge in [-0.25, -0.2) is 0 Å². The molecule has 0 radical (unpaired) electrons. The molecule has 1 saturated carbocycles. The molecule has 1 aromatic carbocycles. The lowest BCUT2D eigenvalue weighted by Gasteiger charge is -2.32. The van der Waals surface area contributed by atoms with Gasteiger partial charge in [-0.15, -0.1) is 0 Å². The average Bonchev–Trinajstić information content (AvgIpc) is 3.34. The molecule has 0 aromatic heterocycles. The summed E-state index contributed by atoms with van der Waals surface area (Å²) in [4.78, 5) is 2.54. The zero-order valence-corrected chi connectivity index (χ0v) is 14.1. The van der Waals surface area contributed by atoms with Crippen LogP contribution in [-0.4, -0.2) is 43.7 Å². The Morgan fingerprint density at radius 3 is 2.64 bits per heavy atom. The van der Waals surface area contributed by atoms with Crippen LogP contribution in [0.2, 0.25) is 0 Å². The molecule has 0 unspecified atom stereocenters. The fraction of sp³-hybridized carbons (Fsp3) is 0.684. The first-order valence-corrected chi connectivity index (χ1v) is 8.86. The zero-order chi connectivity index (χ0) is 15.4. The highest BCUT2D eigenvalue weighted by Crippen LogP contribution is 2.28. The maximum atomic E-state index is 5.98. The lowest BCUT2D eigenvalue weighted by atomic mass is 10.0. The molecule has 0 bridgehead atoms. The second-order valence-electron chi connectivity index (χ2n) is 7.08. The van der Waals surface area contributed by atoms with Gasteiger partial charge in [0.25, 0.3) is 0 Å². The molecular weight excluding hydrogens is 272 g/mol. The second kappa shape index (κ2) is 7.47. The lowest BCUT2D eigenvalue weighted by Crippen LogP contribution is -2.44. The van der Waals surface area contributed by atoms with Gasteiger partial charge in [0, 0.05) is 12.6 Å². The Morgan fingerprint density at radius 2 is 1.91 bits per heavy atom. The summed E-state index contributed by atoms with van der Waals surface area (Å²) in [6.07, 6.45) is 5.47. The molecule has 122 valence electrons.